The number of carbonyl (C=O) groups is 2. The van der Waals surface area contributed by atoms with Gasteiger partial charge < -0.3 is 8.82 Å². The Morgan fingerprint density at radius 2 is 0.891 bits per heavy atom. The zero-order valence-electron chi connectivity index (χ0n) is 35.2. The quantitative estimate of drug-likeness (QED) is 0.143. The van der Waals surface area contributed by atoms with Crippen molar-refractivity contribution in [2.75, 3.05) is 0 Å². The zero-order chi connectivity index (χ0) is 42.7. The fourth-order valence-electron chi connectivity index (χ4n) is 12.8. The lowest BCUT2D eigenvalue weighted by Gasteiger charge is -2.30. The van der Waals surface area contributed by atoms with Crippen molar-refractivity contribution < 1.29 is 14.0 Å². The molecule has 3 heterocycles. The van der Waals surface area contributed by atoms with Crippen LogP contribution in [0, 0.1) is 0 Å². The lowest BCUT2D eigenvalue weighted by molar-refractivity contribution is 0.0966. The summed E-state index contributed by atoms with van der Waals surface area (Å²) in [7, 11) is 0. The Labute approximate surface area is 366 Å². The second kappa shape index (κ2) is 11.5. The van der Waals surface area contributed by atoms with E-state index >= 15 is 9.59 Å². The Morgan fingerprint density at radius 1 is 0.438 bits per heavy atom. The molecule has 5 heteroatoms. The summed E-state index contributed by atoms with van der Waals surface area (Å²) in [4.78, 5) is 45.6. The number of Topliss-reactive ketones (excluding diaryl/α,β-unsaturated/α-hetero) is 2. The van der Waals surface area contributed by atoms with Crippen LogP contribution < -0.4 is 5.43 Å². The van der Waals surface area contributed by atoms with E-state index in [0.717, 1.165) is 99.3 Å². The predicted octanol–water partition coefficient (Wildman–Crippen LogP) is 13.0. The molecule has 0 fully saturated rings. The fraction of sp³-hybridized carbons (Fsp3) is 0.136. The highest BCUT2D eigenvalue weighted by Gasteiger charge is 2.45. The Bertz CT molecular complexity index is 4000. The summed E-state index contributed by atoms with van der Waals surface area (Å²) in [6.07, 6.45) is 0. The molecule has 0 N–H and O–H groups in total. The van der Waals surface area contributed by atoms with E-state index in [1.165, 1.54) is 0 Å². The van der Waals surface area contributed by atoms with Crippen molar-refractivity contribution >= 4 is 71.6 Å². The van der Waals surface area contributed by atoms with Crippen LogP contribution in [0.15, 0.2) is 155 Å². The molecule has 0 unspecified atom stereocenters. The van der Waals surface area contributed by atoms with Crippen molar-refractivity contribution in [1.82, 2.24) is 4.40 Å². The van der Waals surface area contributed by atoms with E-state index in [2.05, 4.69) is 122 Å². The molecule has 11 aromatic rings. The number of aromatic nitrogens is 1. The molecule has 0 atom stereocenters. The van der Waals surface area contributed by atoms with Gasteiger partial charge in [0.2, 0.25) is 5.43 Å². The Hall–Kier alpha value is -7.63. The monoisotopic (exact) mass is 823 g/mol. The van der Waals surface area contributed by atoms with E-state index in [1.54, 1.807) is 0 Å². The van der Waals surface area contributed by atoms with Crippen molar-refractivity contribution in [2.45, 2.75) is 49.9 Å². The highest BCUT2D eigenvalue weighted by atomic mass is 16.3. The summed E-state index contributed by atoms with van der Waals surface area (Å²) in [6, 6.07) is 50.3. The molecule has 0 amide bonds. The van der Waals surface area contributed by atoms with Gasteiger partial charge in [0.25, 0.3) is 0 Å². The van der Waals surface area contributed by atoms with Crippen molar-refractivity contribution in [3.05, 3.63) is 228 Å². The summed E-state index contributed by atoms with van der Waals surface area (Å²) in [6.45, 7) is 6.49. The molecule has 0 saturated carbocycles. The van der Waals surface area contributed by atoms with Gasteiger partial charge >= 0.3 is 0 Å². The summed E-state index contributed by atoms with van der Waals surface area (Å²) < 4.78 is 9.32. The number of rotatable bonds is 0. The van der Waals surface area contributed by atoms with Crippen LogP contribution in [0.1, 0.15) is 126 Å². The van der Waals surface area contributed by atoms with Crippen molar-refractivity contribution in [3.8, 4) is 0 Å². The molecule has 3 aromatic heterocycles. The number of benzene rings is 8. The van der Waals surface area contributed by atoms with Crippen LogP contribution in [0.2, 0.25) is 0 Å². The molecule has 0 spiro atoms. The number of hydrogen-bond acceptors (Lipinski definition) is 4. The summed E-state index contributed by atoms with van der Waals surface area (Å²) in [5.41, 5.74) is 16.7. The first-order valence-electron chi connectivity index (χ1n) is 22.3. The predicted molar refractivity (Wildman–Crippen MR) is 253 cm³/mol. The SMILES string of the molecule is CC(C)(C)c1ccc2c(=O)c3cc4c5cc6c(cc5n5c7cc8c(cc7c(c3oc2c1)c45)C1c2ccccc2C(C8=O)c2ccccc21)C(=O)C1c2ccccc2C6c2ccccc21. The molecule has 0 saturated heterocycles. The average molecular weight is 824 g/mol. The van der Waals surface area contributed by atoms with Gasteiger partial charge in [0, 0.05) is 39.1 Å². The Morgan fingerprint density at radius 3 is 1.38 bits per heavy atom. The summed E-state index contributed by atoms with van der Waals surface area (Å²) in [5.74, 6) is -0.985. The van der Waals surface area contributed by atoms with Gasteiger partial charge in [-0.3, -0.25) is 14.4 Å². The molecular weight excluding hydrogens is 787 g/mol. The summed E-state index contributed by atoms with van der Waals surface area (Å²) in [5, 5.41) is 4.68. The van der Waals surface area contributed by atoms with E-state index in [9.17, 15) is 4.79 Å². The highest BCUT2D eigenvalue weighted by molar-refractivity contribution is 6.32. The van der Waals surface area contributed by atoms with E-state index in [4.69, 9.17) is 4.42 Å². The molecule has 0 aliphatic heterocycles. The van der Waals surface area contributed by atoms with Gasteiger partial charge in [-0.25, -0.2) is 0 Å². The molecule has 0 radical (unpaired) electrons. The van der Waals surface area contributed by atoms with Gasteiger partial charge in [0.1, 0.15) is 11.2 Å². The number of ketones is 2. The molecule has 4 bridgehead atoms. The van der Waals surface area contributed by atoms with Gasteiger partial charge in [-0.2, -0.15) is 0 Å². The molecule has 8 aromatic carbocycles. The summed E-state index contributed by atoms with van der Waals surface area (Å²) >= 11 is 0. The average Bonchev–Trinajstić information content (AvgIpc) is 3.67. The third-order valence-electron chi connectivity index (χ3n) is 15.6. The Kier molecular flexibility index (Phi) is 6.26. The normalized spacial score (nSPS) is 19.3. The lowest BCUT2D eigenvalue weighted by Crippen LogP contribution is -2.19. The third kappa shape index (κ3) is 4.06. The first kappa shape index (κ1) is 34.9. The molecule has 64 heavy (non-hydrogen) atoms. The van der Waals surface area contributed by atoms with Crippen LogP contribution >= 0.6 is 0 Å². The number of hydrogen-bond donors (Lipinski definition) is 0. The zero-order valence-corrected chi connectivity index (χ0v) is 35.2. The molecular formula is C59H37NO4. The van der Waals surface area contributed by atoms with E-state index in [-0.39, 0.29) is 34.2 Å². The van der Waals surface area contributed by atoms with Gasteiger partial charge in [-0.15, -0.1) is 0 Å². The van der Waals surface area contributed by atoms with Crippen LogP contribution in [-0.4, -0.2) is 16.0 Å². The van der Waals surface area contributed by atoms with Crippen LogP contribution in [0.4, 0.5) is 0 Å². The molecule has 17 rings (SSSR count). The van der Waals surface area contributed by atoms with Crippen LogP contribution in [0.5, 0.6) is 0 Å². The van der Waals surface area contributed by atoms with Crippen LogP contribution in [0.25, 0.3) is 60.0 Å². The minimum absolute atomic E-state index is 0.0783. The van der Waals surface area contributed by atoms with Crippen molar-refractivity contribution in [1.29, 1.82) is 0 Å². The van der Waals surface area contributed by atoms with Gasteiger partial charge in [0.05, 0.1) is 44.5 Å². The maximum absolute atomic E-state index is 15.3. The maximum Gasteiger partial charge on any atom is 0.200 e. The minimum Gasteiger partial charge on any atom is -0.455 e. The highest BCUT2D eigenvalue weighted by Crippen LogP contribution is 2.56. The van der Waals surface area contributed by atoms with E-state index in [1.807, 2.05) is 48.5 Å². The molecule has 6 aliphatic carbocycles. The molecule has 6 aliphatic rings. The van der Waals surface area contributed by atoms with E-state index < -0.39 is 11.8 Å². The third-order valence-corrected chi connectivity index (χ3v) is 15.6. The second-order valence-electron chi connectivity index (χ2n) is 19.6. The first-order valence-corrected chi connectivity index (χ1v) is 22.3. The van der Waals surface area contributed by atoms with Crippen LogP contribution in [0.3, 0.4) is 0 Å². The van der Waals surface area contributed by atoms with Gasteiger partial charge in [0.15, 0.2) is 11.6 Å². The van der Waals surface area contributed by atoms with Gasteiger partial charge in [-0.05, 0) is 109 Å². The maximum atomic E-state index is 15.3. The number of fused-ring (bicyclic) bond motifs is 9. The largest absolute Gasteiger partial charge is 0.455 e. The lowest BCUT2D eigenvalue weighted by atomic mass is 9.72. The standard InChI is InChI=1S/C59H37NO4/c1-59(2,3)28-20-21-37-48(22-28)64-58-45(55(37)61)25-41-38-23-39-42(56(62)51-33-16-8-4-12-29(33)49(39)30-13-5-9-17-34(30)51)26-46(38)60-47-27-43-40(24-44(47)53(58)54(41)60)50-31-14-6-10-18-35(31)52(57(43)63)36-19-11-7-15-32(36)50/h4-27,49-52H,1-3H3. The minimum atomic E-state index is -0.428. The van der Waals surface area contributed by atoms with Crippen molar-refractivity contribution in [2.24, 2.45) is 0 Å². The Balaban J connectivity index is 1.12. The number of carbonyl (C=O) groups excluding carboxylic acids is 2. The van der Waals surface area contributed by atoms with Crippen LogP contribution in [-0.2, 0) is 5.41 Å². The number of nitrogens with zero attached hydrogens (tertiary/aromatic N) is 1. The smallest absolute Gasteiger partial charge is 0.200 e. The topological polar surface area (TPSA) is 68.8 Å². The van der Waals surface area contributed by atoms with E-state index in [0.29, 0.717) is 33.1 Å². The molecule has 302 valence electrons. The van der Waals surface area contributed by atoms with Gasteiger partial charge in [-0.1, -0.05) is 124 Å². The van der Waals surface area contributed by atoms with Crippen molar-refractivity contribution in [3.63, 3.8) is 0 Å². The first-order chi connectivity index (χ1) is 31.2. The molecule has 5 nitrogen and oxygen atoms in total. The fourth-order valence-corrected chi connectivity index (χ4v) is 12.8. The second-order valence-corrected chi connectivity index (χ2v) is 19.6.